The van der Waals surface area contributed by atoms with E-state index < -0.39 is 0 Å². The number of isothiocyanates is 1. The molecular formula is C6H5NS. The molecule has 40 valence electrons. The van der Waals surface area contributed by atoms with E-state index in [1.807, 2.05) is 18.2 Å². The Morgan fingerprint density at radius 2 is 2.62 bits per heavy atom. The lowest BCUT2D eigenvalue weighted by molar-refractivity contribution is 1.21. The van der Waals surface area contributed by atoms with Gasteiger partial charge in [0.05, 0.1) is 10.9 Å². The maximum atomic E-state index is 4.40. The summed E-state index contributed by atoms with van der Waals surface area (Å²) in [6.45, 7) is 0. The van der Waals surface area contributed by atoms with E-state index in [1.54, 1.807) is 0 Å². The van der Waals surface area contributed by atoms with Gasteiger partial charge in [0, 0.05) is 6.42 Å². The second-order valence-electron chi connectivity index (χ2n) is 1.49. The summed E-state index contributed by atoms with van der Waals surface area (Å²) in [5.74, 6) is 0. The minimum absolute atomic E-state index is 0.906. The largest absolute Gasteiger partial charge is 0.199 e. The highest BCUT2D eigenvalue weighted by atomic mass is 32.1. The molecule has 0 unspecified atom stereocenters. The Hall–Kier alpha value is -0.720. The lowest BCUT2D eigenvalue weighted by Crippen LogP contribution is -1.65. The summed E-state index contributed by atoms with van der Waals surface area (Å²) in [4.78, 5) is 3.79. The first kappa shape index (κ1) is 5.42. The highest BCUT2D eigenvalue weighted by molar-refractivity contribution is 7.78. The van der Waals surface area contributed by atoms with Crippen molar-refractivity contribution in [2.75, 3.05) is 0 Å². The number of allylic oxidation sites excluding steroid dienone is 3. The first-order valence-corrected chi connectivity index (χ1v) is 2.78. The quantitative estimate of drug-likeness (QED) is 0.383. The van der Waals surface area contributed by atoms with Crippen molar-refractivity contribution < 1.29 is 0 Å². The zero-order valence-electron chi connectivity index (χ0n) is 4.29. The van der Waals surface area contributed by atoms with E-state index in [1.165, 1.54) is 0 Å². The van der Waals surface area contributed by atoms with E-state index in [-0.39, 0.29) is 0 Å². The molecule has 8 heavy (non-hydrogen) atoms. The molecule has 0 atom stereocenters. The van der Waals surface area contributed by atoms with E-state index >= 15 is 0 Å². The Balaban J connectivity index is 2.64. The predicted octanol–water partition coefficient (Wildman–Crippen LogP) is 1.93. The topological polar surface area (TPSA) is 12.4 Å². The summed E-state index contributed by atoms with van der Waals surface area (Å²) in [7, 11) is 0. The first-order chi connectivity index (χ1) is 3.93. The number of rotatable bonds is 1. The van der Waals surface area contributed by atoms with Gasteiger partial charge in [0.25, 0.3) is 0 Å². The third-order valence-corrected chi connectivity index (χ3v) is 1.03. The molecule has 0 radical (unpaired) electrons. The van der Waals surface area contributed by atoms with Crippen molar-refractivity contribution >= 4 is 17.4 Å². The lowest BCUT2D eigenvalue weighted by Gasteiger charge is -1.81. The van der Waals surface area contributed by atoms with Crippen molar-refractivity contribution in [1.82, 2.24) is 0 Å². The maximum Gasteiger partial charge on any atom is 0.0637 e. The number of thiocarbonyl (C=S) groups is 1. The van der Waals surface area contributed by atoms with Crippen LogP contribution < -0.4 is 0 Å². The summed E-state index contributed by atoms with van der Waals surface area (Å²) < 4.78 is 0. The molecule has 0 heterocycles. The standard InChI is InChI=1S/C6H5NS/c8-5-7-6-3-1-2-4-6/h1-3H,4H2. The first-order valence-electron chi connectivity index (χ1n) is 2.37. The summed E-state index contributed by atoms with van der Waals surface area (Å²) in [6, 6.07) is 0. The molecule has 0 aromatic heterocycles. The monoisotopic (exact) mass is 123 g/mol. The van der Waals surface area contributed by atoms with E-state index in [2.05, 4.69) is 22.4 Å². The highest BCUT2D eigenvalue weighted by Crippen LogP contribution is 2.09. The fraction of sp³-hybridized carbons (Fsp3) is 0.167. The molecule has 0 spiro atoms. The van der Waals surface area contributed by atoms with Gasteiger partial charge in [-0.1, -0.05) is 12.2 Å². The van der Waals surface area contributed by atoms with Crippen molar-refractivity contribution in [3.8, 4) is 0 Å². The van der Waals surface area contributed by atoms with Crippen LogP contribution in [-0.4, -0.2) is 5.16 Å². The van der Waals surface area contributed by atoms with Gasteiger partial charge in [-0.3, -0.25) is 0 Å². The molecule has 0 N–H and O–H groups in total. The molecule has 0 fully saturated rings. The number of hydrogen-bond donors (Lipinski definition) is 0. The minimum atomic E-state index is 0.906. The predicted molar refractivity (Wildman–Crippen MR) is 36.9 cm³/mol. The highest BCUT2D eigenvalue weighted by Gasteiger charge is 1.92. The molecule has 0 saturated heterocycles. The van der Waals surface area contributed by atoms with Crippen molar-refractivity contribution in [1.29, 1.82) is 0 Å². The Labute approximate surface area is 53.4 Å². The van der Waals surface area contributed by atoms with Gasteiger partial charge < -0.3 is 0 Å². The Morgan fingerprint density at radius 1 is 1.75 bits per heavy atom. The molecule has 0 saturated carbocycles. The van der Waals surface area contributed by atoms with Crippen LogP contribution in [0.25, 0.3) is 0 Å². The van der Waals surface area contributed by atoms with Gasteiger partial charge in [0.2, 0.25) is 0 Å². The molecule has 0 aliphatic heterocycles. The molecule has 2 heteroatoms. The van der Waals surface area contributed by atoms with Gasteiger partial charge >= 0.3 is 0 Å². The number of nitrogens with zero attached hydrogens (tertiary/aromatic N) is 1. The molecule has 0 aromatic rings. The van der Waals surface area contributed by atoms with E-state index in [0.717, 1.165) is 12.1 Å². The van der Waals surface area contributed by atoms with Crippen molar-refractivity contribution in [2.24, 2.45) is 4.99 Å². The Kier molecular flexibility index (Phi) is 1.73. The van der Waals surface area contributed by atoms with E-state index in [9.17, 15) is 0 Å². The van der Waals surface area contributed by atoms with E-state index in [0.29, 0.717) is 0 Å². The summed E-state index contributed by atoms with van der Waals surface area (Å²) in [6.07, 6.45) is 6.83. The van der Waals surface area contributed by atoms with Crippen molar-refractivity contribution in [2.45, 2.75) is 6.42 Å². The molecule has 0 amide bonds. The number of hydrogen-bond acceptors (Lipinski definition) is 2. The van der Waals surface area contributed by atoms with Gasteiger partial charge in [0.1, 0.15) is 0 Å². The SMILES string of the molecule is S=C=NC1=CC=CC1. The fourth-order valence-corrected chi connectivity index (χ4v) is 0.695. The molecular weight excluding hydrogens is 118 g/mol. The zero-order valence-corrected chi connectivity index (χ0v) is 5.11. The van der Waals surface area contributed by atoms with Crippen LogP contribution in [0.15, 0.2) is 28.9 Å². The van der Waals surface area contributed by atoms with Crippen LogP contribution in [0.1, 0.15) is 6.42 Å². The van der Waals surface area contributed by atoms with Crippen molar-refractivity contribution in [3.63, 3.8) is 0 Å². The molecule has 1 aliphatic carbocycles. The van der Waals surface area contributed by atoms with Gasteiger partial charge in [-0.15, -0.1) is 0 Å². The van der Waals surface area contributed by atoms with Crippen LogP contribution >= 0.6 is 12.2 Å². The van der Waals surface area contributed by atoms with Crippen LogP contribution in [0.3, 0.4) is 0 Å². The van der Waals surface area contributed by atoms with Crippen LogP contribution in [0.4, 0.5) is 0 Å². The molecule has 0 aromatic carbocycles. The van der Waals surface area contributed by atoms with Crippen LogP contribution in [0.5, 0.6) is 0 Å². The number of aliphatic imine (C=N–C) groups is 1. The smallest absolute Gasteiger partial charge is 0.0637 e. The average Bonchev–Trinajstić information content (AvgIpc) is 2.19. The van der Waals surface area contributed by atoms with Gasteiger partial charge in [-0.05, 0) is 18.3 Å². The Bertz CT molecular complexity index is 185. The minimum Gasteiger partial charge on any atom is -0.199 e. The van der Waals surface area contributed by atoms with Crippen molar-refractivity contribution in [3.05, 3.63) is 23.9 Å². The summed E-state index contributed by atoms with van der Waals surface area (Å²) in [5, 5.41) is 2.31. The average molecular weight is 123 g/mol. The Morgan fingerprint density at radius 3 is 3.12 bits per heavy atom. The zero-order chi connectivity index (χ0) is 5.82. The van der Waals surface area contributed by atoms with E-state index in [4.69, 9.17) is 0 Å². The van der Waals surface area contributed by atoms with Gasteiger partial charge in [-0.2, -0.15) is 4.99 Å². The second kappa shape index (κ2) is 2.55. The van der Waals surface area contributed by atoms with Crippen LogP contribution in [0, 0.1) is 0 Å². The lowest BCUT2D eigenvalue weighted by atomic mass is 10.4. The summed E-state index contributed by atoms with van der Waals surface area (Å²) >= 11 is 4.40. The van der Waals surface area contributed by atoms with Crippen LogP contribution in [0.2, 0.25) is 0 Å². The third-order valence-electron chi connectivity index (χ3n) is 0.941. The fourth-order valence-electron chi connectivity index (χ4n) is 0.577. The molecule has 1 aliphatic rings. The molecule has 1 nitrogen and oxygen atoms in total. The normalized spacial score (nSPS) is 15.2. The maximum absolute atomic E-state index is 4.40. The van der Waals surface area contributed by atoms with Crippen LogP contribution in [-0.2, 0) is 0 Å². The van der Waals surface area contributed by atoms with Gasteiger partial charge in [-0.25, -0.2) is 0 Å². The molecule has 0 bridgehead atoms. The molecule has 1 rings (SSSR count). The second-order valence-corrected chi connectivity index (χ2v) is 1.68. The summed E-state index contributed by atoms with van der Waals surface area (Å²) in [5.41, 5.74) is 1.00. The van der Waals surface area contributed by atoms with Gasteiger partial charge in [0.15, 0.2) is 0 Å². The third kappa shape index (κ3) is 1.12.